The summed E-state index contributed by atoms with van der Waals surface area (Å²) >= 11 is 0. The fraction of sp³-hybridized carbons (Fsp3) is 0.733. The maximum atomic E-state index is 12.4. The largest absolute Gasteiger partial charge is 0.383 e. The fourth-order valence-corrected chi connectivity index (χ4v) is 3.34. The molecule has 1 unspecified atom stereocenters. The van der Waals surface area contributed by atoms with E-state index in [0.717, 1.165) is 56.9 Å². The normalized spacial score (nSPS) is 20.8. The van der Waals surface area contributed by atoms with Crippen LogP contribution < -0.4 is 10.6 Å². The molecule has 1 amide bonds. The number of methoxy groups -OCH3 is 1. The molecule has 2 aliphatic rings. The second-order valence-electron chi connectivity index (χ2n) is 5.99. The van der Waals surface area contributed by atoms with Crippen molar-refractivity contribution >= 4 is 18.3 Å². The quantitative estimate of drug-likeness (QED) is 0.693. The lowest BCUT2D eigenvalue weighted by molar-refractivity contribution is 0.0926. The van der Waals surface area contributed by atoms with Gasteiger partial charge in [-0.3, -0.25) is 14.8 Å². The number of amides is 1. The molecule has 1 aromatic rings. The van der Waals surface area contributed by atoms with Gasteiger partial charge in [-0.2, -0.15) is 5.10 Å². The number of carbonyl (C=O) groups is 1. The van der Waals surface area contributed by atoms with Crippen LogP contribution in [-0.4, -0.2) is 66.9 Å². The van der Waals surface area contributed by atoms with Crippen LogP contribution in [0.4, 0.5) is 0 Å². The van der Waals surface area contributed by atoms with Crippen LogP contribution in [0.15, 0.2) is 0 Å². The Bertz CT molecular complexity index is 522. The van der Waals surface area contributed by atoms with E-state index in [1.165, 1.54) is 6.42 Å². The number of halogens is 1. The van der Waals surface area contributed by atoms with Gasteiger partial charge in [0.1, 0.15) is 0 Å². The Morgan fingerprint density at radius 3 is 3.22 bits per heavy atom. The van der Waals surface area contributed by atoms with E-state index in [9.17, 15) is 4.79 Å². The lowest BCUT2D eigenvalue weighted by Gasteiger charge is -2.24. The summed E-state index contributed by atoms with van der Waals surface area (Å²) in [6.07, 6.45) is 3.22. The number of rotatable bonds is 6. The van der Waals surface area contributed by atoms with Crippen molar-refractivity contribution in [2.45, 2.75) is 31.8 Å². The molecule has 1 atom stereocenters. The molecule has 3 N–H and O–H groups in total. The highest BCUT2D eigenvalue weighted by Crippen LogP contribution is 2.17. The van der Waals surface area contributed by atoms with Gasteiger partial charge < -0.3 is 15.4 Å². The van der Waals surface area contributed by atoms with Crippen LogP contribution in [0, 0.1) is 0 Å². The first-order chi connectivity index (χ1) is 10.8. The van der Waals surface area contributed by atoms with Gasteiger partial charge in [-0.05, 0) is 19.4 Å². The Labute approximate surface area is 142 Å². The van der Waals surface area contributed by atoms with Crippen molar-refractivity contribution in [1.82, 2.24) is 25.7 Å². The Balaban J connectivity index is 0.00000192. The molecule has 3 heterocycles. The van der Waals surface area contributed by atoms with Crippen LogP contribution in [0.3, 0.4) is 0 Å². The zero-order valence-electron chi connectivity index (χ0n) is 13.6. The second kappa shape index (κ2) is 8.63. The number of hydrogen-bond acceptors (Lipinski definition) is 5. The van der Waals surface area contributed by atoms with E-state index in [2.05, 4.69) is 25.7 Å². The first kappa shape index (κ1) is 18.2. The molecule has 0 spiro atoms. The summed E-state index contributed by atoms with van der Waals surface area (Å²) in [5, 5.41) is 13.5. The van der Waals surface area contributed by atoms with Crippen LogP contribution in [0.25, 0.3) is 0 Å². The van der Waals surface area contributed by atoms with Crippen molar-refractivity contribution in [2.24, 2.45) is 0 Å². The third kappa shape index (κ3) is 4.23. The lowest BCUT2D eigenvalue weighted by atomic mass is 10.1. The Hall–Kier alpha value is -1.15. The Kier molecular flexibility index (Phi) is 6.83. The average molecular weight is 344 g/mol. The van der Waals surface area contributed by atoms with Crippen LogP contribution in [-0.2, 0) is 17.7 Å². The van der Waals surface area contributed by atoms with Gasteiger partial charge in [0.25, 0.3) is 5.91 Å². The predicted molar refractivity (Wildman–Crippen MR) is 90.1 cm³/mol. The SMILES string of the molecule is COCCN1CCCC1CNC(=O)c1n[nH]c2c1CNCC2.Cl. The van der Waals surface area contributed by atoms with E-state index >= 15 is 0 Å². The Morgan fingerprint density at radius 1 is 1.52 bits per heavy atom. The minimum absolute atomic E-state index is 0. The highest BCUT2D eigenvalue weighted by atomic mass is 35.5. The summed E-state index contributed by atoms with van der Waals surface area (Å²) in [6, 6.07) is 0.409. The van der Waals surface area contributed by atoms with E-state index in [-0.39, 0.29) is 18.3 Å². The maximum Gasteiger partial charge on any atom is 0.272 e. The lowest BCUT2D eigenvalue weighted by Crippen LogP contribution is -2.41. The summed E-state index contributed by atoms with van der Waals surface area (Å²) in [4.78, 5) is 14.8. The van der Waals surface area contributed by atoms with E-state index < -0.39 is 0 Å². The number of nitrogens with zero attached hydrogens (tertiary/aromatic N) is 2. The first-order valence-electron chi connectivity index (χ1n) is 8.07. The van der Waals surface area contributed by atoms with Gasteiger partial charge in [0, 0.05) is 57.0 Å². The first-order valence-corrected chi connectivity index (χ1v) is 8.07. The summed E-state index contributed by atoms with van der Waals surface area (Å²) in [7, 11) is 1.72. The second-order valence-corrected chi connectivity index (χ2v) is 5.99. The highest BCUT2D eigenvalue weighted by Gasteiger charge is 2.26. The van der Waals surface area contributed by atoms with Gasteiger partial charge >= 0.3 is 0 Å². The van der Waals surface area contributed by atoms with E-state index in [1.54, 1.807) is 7.11 Å². The zero-order valence-corrected chi connectivity index (χ0v) is 14.4. The third-order valence-electron chi connectivity index (χ3n) is 4.60. The van der Waals surface area contributed by atoms with Crippen LogP contribution in [0.1, 0.15) is 34.6 Å². The molecule has 0 aromatic carbocycles. The molecule has 0 aliphatic carbocycles. The number of H-pyrrole nitrogens is 1. The van der Waals surface area contributed by atoms with Gasteiger partial charge in [0.05, 0.1) is 6.61 Å². The molecule has 23 heavy (non-hydrogen) atoms. The van der Waals surface area contributed by atoms with E-state index in [1.807, 2.05) is 0 Å². The van der Waals surface area contributed by atoms with Crippen molar-refractivity contribution in [1.29, 1.82) is 0 Å². The molecule has 0 bridgehead atoms. The Morgan fingerprint density at radius 2 is 2.39 bits per heavy atom. The van der Waals surface area contributed by atoms with E-state index in [0.29, 0.717) is 18.3 Å². The average Bonchev–Trinajstić information content (AvgIpc) is 3.17. The van der Waals surface area contributed by atoms with Crippen LogP contribution >= 0.6 is 12.4 Å². The topological polar surface area (TPSA) is 82.3 Å². The van der Waals surface area contributed by atoms with Crippen molar-refractivity contribution < 1.29 is 9.53 Å². The summed E-state index contributed by atoms with van der Waals surface area (Å²) in [5.41, 5.74) is 2.65. The molecule has 8 heteroatoms. The number of nitrogens with one attached hydrogen (secondary N) is 3. The number of fused-ring (bicyclic) bond motifs is 1. The summed E-state index contributed by atoms with van der Waals surface area (Å²) < 4.78 is 5.15. The number of carbonyl (C=O) groups excluding carboxylic acids is 1. The molecule has 3 rings (SSSR count). The molecule has 1 saturated heterocycles. The predicted octanol–water partition coefficient (Wildman–Crippen LogP) is 0.318. The fourth-order valence-electron chi connectivity index (χ4n) is 3.34. The number of hydrogen-bond donors (Lipinski definition) is 3. The molecule has 1 aromatic heterocycles. The van der Waals surface area contributed by atoms with E-state index in [4.69, 9.17) is 4.74 Å². The monoisotopic (exact) mass is 343 g/mol. The molecular formula is C15H26ClN5O2. The number of ether oxygens (including phenoxy) is 1. The molecule has 2 aliphatic heterocycles. The van der Waals surface area contributed by atoms with Gasteiger partial charge in [-0.15, -0.1) is 12.4 Å². The standard InChI is InChI=1S/C15H25N5O2.ClH/c1-22-8-7-20-6-2-3-11(20)9-17-15(21)14-12-10-16-5-4-13(12)18-19-14;/h11,16H,2-10H2,1H3,(H,17,21)(H,18,19);1H. The molecule has 130 valence electrons. The van der Waals surface area contributed by atoms with Crippen LogP contribution in [0.5, 0.6) is 0 Å². The minimum atomic E-state index is -0.0696. The molecule has 0 saturated carbocycles. The van der Waals surface area contributed by atoms with Crippen LogP contribution in [0.2, 0.25) is 0 Å². The van der Waals surface area contributed by atoms with Crippen molar-refractivity contribution in [3.8, 4) is 0 Å². The van der Waals surface area contributed by atoms with Crippen molar-refractivity contribution in [3.05, 3.63) is 17.0 Å². The highest BCUT2D eigenvalue weighted by molar-refractivity contribution is 5.94. The third-order valence-corrected chi connectivity index (χ3v) is 4.60. The number of aromatic amines is 1. The summed E-state index contributed by atoms with van der Waals surface area (Å²) in [5.74, 6) is -0.0696. The van der Waals surface area contributed by atoms with Gasteiger partial charge in [0.2, 0.25) is 0 Å². The number of aromatic nitrogens is 2. The number of likely N-dealkylation sites (tertiary alicyclic amines) is 1. The molecule has 1 fully saturated rings. The smallest absolute Gasteiger partial charge is 0.272 e. The summed E-state index contributed by atoms with van der Waals surface area (Å²) in [6.45, 7) is 5.09. The van der Waals surface area contributed by atoms with Crippen molar-refractivity contribution in [3.63, 3.8) is 0 Å². The zero-order chi connectivity index (χ0) is 15.4. The van der Waals surface area contributed by atoms with Gasteiger partial charge in [-0.1, -0.05) is 0 Å². The molecule has 0 radical (unpaired) electrons. The van der Waals surface area contributed by atoms with Crippen molar-refractivity contribution in [2.75, 3.05) is 39.9 Å². The van der Waals surface area contributed by atoms with Gasteiger partial charge in [0.15, 0.2) is 5.69 Å². The maximum absolute atomic E-state index is 12.4. The molecule has 7 nitrogen and oxygen atoms in total. The van der Waals surface area contributed by atoms with Gasteiger partial charge in [-0.25, -0.2) is 0 Å². The minimum Gasteiger partial charge on any atom is -0.383 e. The molecular weight excluding hydrogens is 318 g/mol.